The van der Waals surface area contributed by atoms with Gasteiger partial charge in [0, 0.05) is 19.0 Å². The molecule has 1 amide bonds. The van der Waals surface area contributed by atoms with E-state index in [0.717, 1.165) is 17.7 Å². The highest BCUT2D eigenvalue weighted by Crippen LogP contribution is 2.18. The number of aromatic nitrogens is 2. The van der Waals surface area contributed by atoms with Crippen LogP contribution in [0.1, 0.15) is 18.3 Å². The topological polar surface area (TPSA) is 114 Å². The molecule has 0 radical (unpaired) electrons. The smallest absolute Gasteiger partial charge is 0.257 e. The van der Waals surface area contributed by atoms with Crippen molar-refractivity contribution in [3.63, 3.8) is 0 Å². The molecule has 0 aliphatic carbocycles. The Morgan fingerprint density at radius 2 is 1.75 bits per heavy atom. The van der Waals surface area contributed by atoms with Gasteiger partial charge in [-0.3, -0.25) is 4.79 Å². The lowest BCUT2D eigenvalue weighted by molar-refractivity contribution is -0.119. The predicted octanol–water partition coefficient (Wildman–Crippen LogP) is 1.99. The Morgan fingerprint density at radius 1 is 1.07 bits per heavy atom. The van der Waals surface area contributed by atoms with Gasteiger partial charge in [-0.25, -0.2) is 17.5 Å². The summed E-state index contributed by atoms with van der Waals surface area (Å²) in [6.07, 6.45) is 0. The van der Waals surface area contributed by atoms with E-state index in [-0.39, 0.29) is 29.1 Å². The van der Waals surface area contributed by atoms with Gasteiger partial charge in [0.2, 0.25) is 15.9 Å². The first-order valence-electron chi connectivity index (χ1n) is 8.25. The van der Waals surface area contributed by atoms with Crippen LogP contribution in [0, 0.1) is 5.82 Å². The molecule has 146 valence electrons. The first-order valence-corrected chi connectivity index (χ1v) is 9.73. The minimum absolute atomic E-state index is 0.0626. The predicted molar refractivity (Wildman–Crippen MR) is 97.7 cm³/mol. The number of rotatable bonds is 7. The van der Waals surface area contributed by atoms with Crippen LogP contribution in [-0.4, -0.2) is 24.5 Å². The molecular formula is C18H17FN4O4S. The SMILES string of the molecule is CC(=O)NCc1ccc(-c2nc(CNS(=O)(=O)c3ccc(F)cc3)no2)cc1. The molecule has 0 bridgehead atoms. The van der Waals surface area contributed by atoms with Gasteiger partial charge in [0.15, 0.2) is 5.82 Å². The summed E-state index contributed by atoms with van der Waals surface area (Å²) in [6.45, 7) is 1.68. The van der Waals surface area contributed by atoms with Crippen LogP contribution in [0.2, 0.25) is 0 Å². The zero-order valence-corrected chi connectivity index (χ0v) is 15.7. The molecule has 0 atom stereocenters. The highest BCUT2D eigenvalue weighted by Gasteiger charge is 2.16. The lowest BCUT2D eigenvalue weighted by Crippen LogP contribution is -2.23. The molecule has 8 nitrogen and oxygen atoms in total. The summed E-state index contributed by atoms with van der Waals surface area (Å²) in [5.41, 5.74) is 1.57. The molecule has 28 heavy (non-hydrogen) atoms. The fourth-order valence-electron chi connectivity index (χ4n) is 2.29. The third kappa shape index (κ3) is 4.99. The maximum absolute atomic E-state index is 12.9. The number of nitrogens with zero attached hydrogens (tertiary/aromatic N) is 2. The molecule has 0 aliphatic rings. The summed E-state index contributed by atoms with van der Waals surface area (Å²) in [7, 11) is -3.82. The molecular weight excluding hydrogens is 387 g/mol. The fourth-order valence-corrected chi connectivity index (χ4v) is 3.27. The summed E-state index contributed by atoms with van der Waals surface area (Å²) in [5.74, 6) is -0.247. The third-order valence-electron chi connectivity index (χ3n) is 3.75. The third-order valence-corrected chi connectivity index (χ3v) is 5.17. The van der Waals surface area contributed by atoms with Crippen LogP contribution in [0.5, 0.6) is 0 Å². The largest absolute Gasteiger partial charge is 0.352 e. The number of amides is 1. The average Bonchev–Trinajstić information content (AvgIpc) is 3.15. The van der Waals surface area contributed by atoms with Crippen LogP contribution in [-0.2, 0) is 27.9 Å². The number of halogens is 1. The molecule has 3 rings (SSSR count). The van der Waals surface area contributed by atoms with Crippen molar-refractivity contribution in [1.82, 2.24) is 20.2 Å². The minimum atomic E-state index is -3.82. The van der Waals surface area contributed by atoms with Crippen molar-refractivity contribution in [1.29, 1.82) is 0 Å². The van der Waals surface area contributed by atoms with Gasteiger partial charge in [-0.2, -0.15) is 4.98 Å². The number of sulfonamides is 1. The van der Waals surface area contributed by atoms with Crippen LogP contribution in [0.3, 0.4) is 0 Å². The summed E-state index contributed by atoms with van der Waals surface area (Å²) in [5, 5.41) is 6.45. The van der Waals surface area contributed by atoms with Gasteiger partial charge in [0.25, 0.3) is 5.89 Å². The first-order chi connectivity index (χ1) is 13.3. The van der Waals surface area contributed by atoms with Gasteiger partial charge in [-0.15, -0.1) is 0 Å². The summed E-state index contributed by atoms with van der Waals surface area (Å²) in [6, 6.07) is 11.6. The summed E-state index contributed by atoms with van der Waals surface area (Å²) < 4.78 is 44.8. The second-order valence-electron chi connectivity index (χ2n) is 5.90. The van der Waals surface area contributed by atoms with E-state index < -0.39 is 15.8 Å². The Hall–Kier alpha value is -3.11. The molecule has 3 aromatic rings. The number of benzene rings is 2. The van der Waals surface area contributed by atoms with Gasteiger partial charge in [-0.1, -0.05) is 17.3 Å². The van der Waals surface area contributed by atoms with E-state index in [0.29, 0.717) is 12.1 Å². The molecule has 1 heterocycles. The molecule has 0 saturated heterocycles. The number of hydrogen-bond acceptors (Lipinski definition) is 6. The first kappa shape index (κ1) is 19.6. The van der Waals surface area contributed by atoms with Crippen LogP contribution in [0.4, 0.5) is 4.39 Å². The second-order valence-corrected chi connectivity index (χ2v) is 7.67. The van der Waals surface area contributed by atoms with E-state index in [1.165, 1.54) is 19.1 Å². The van der Waals surface area contributed by atoms with Crippen molar-refractivity contribution in [3.05, 3.63) is 65.7 Å². The Kier molecular flexibility index (Phi) is 5.81. The molecule has 0 spiro atoms. The van der Waals surface area contributed by atoms with Crippen molar-refractivity contribution in [2.75, 3.05) is 0 Å². The Morgan fingerprint density at radius 3 is 2.39 bits per heavy atom. The standard InChI is InChI=1S/C18H17FN4O4S/c1-12(24)20-10-13-2-4-14(5-3-13)18-22-17(23-27-18)11-21-28(25,26)16-8-6-15(19)7-9-16/h2-9,21H,10-11H2,1H3,(H,20,24). The Labute approximate surface area is 160 Å². The zero-order valence-electron chi connectivity index (χ0n) is 14.8. The Bertz CT molecular complexity index is 1060. The normalized spacial score (nSPS) is 11.4. The number of carbonyl (C=O) groups excluding carboxylic acids is 1. The van der Waals surface area contributed by atoms with Crippen LogP contribution < -0.4 is 10.0 Å². The number of nitrogens with one attached hydrogen (secondary N) is 2. The quantitative estimate of drug-likeness (QED) is 0.622. The van der Waals surface area contributed by atoms with Gasteiger partial charge < -0.3 is 9.84 Å². The number of hydrogen-bond donors (Lipinski definition) is 2. The zero-order chi connectivity index (χ0) is 20.1. The molecule has 10 heteroatoms. The van der Waals surface area contributed by atoms with Crippen molar-refractivity contribution in [2.45, 2.75) is 24.9 Å². The average molecular weight is 404 g/mol. The summed E-state index contributed by atoms with van der Waals surface area (Å²) >= 11 is 0. The fraction of sp³-hybridized carbons (Fsp3) is 0.167. The van der Waals surface area contributed by atoms with Crippen LogP contribution in [0.25, 0.3) is 11.5 Å². The van der Waals surface area contributed by atoms with E-state index in [1.807, 2.05) is 12.1 Å². The van der Waals surface area contributed by atoms with Crippen molar-refractivity contribution < 1.29 is 22.1 Å². The molecule has 0 saturated carbocycles. The molecule has 2 aromatic carbocycles. The monoisotopic (exact) mass is 404 g/mol. The van der Waals surface area contributed by atoms with Gasteiger partial charge in [-0.05, 0) is 42.0 Å². The van der Waals surface area contributed by atoms with E-state index in [4.69, 9.17) is 4.52 Å². The maximum atomic E-state index is 12.9. The molecule has 0 unspecified atom stereocenters. The van der Waals surface area contributed by atoms with E-state index in [2.05, 4.69) is 20.2 Å². The van der Waals surface area contributed by atoms with E-state index in [1.54, 1.807) is 12.1 Å². The van der Waals surface area contributed by atoms with E-state index >= 15 is 0 Å². The van der Waals surface area contributed by atoms with Crippen molar-refractivity contribution >= 4 is 15.9 Å². The molecule has 1 aromatic heterocycles. The molecule has 2 N–H and O–H groups in total. The highest BCUT2D eigenvalue weighted by atomic mass is 32.2. The van der Waals surface area contributed by atoms with Crippen LogP contribution >= 0.6 is 0 Å². The minimum Gasteiger partial charge on any atom is -0.352 e. The van der Waals surface area contributed by atoms with E-state index in [9.17, 15) is 17.6 Å². The lowest BCUT2D eigenvalue weighted by Gasteiger charge is -2.04. The van der Waals surface area contributed by atoms with Gasteiger partial charge >= 0.3 is 0 Å². The highest BCUT2D eigenvalue weighted by molar-refractivity contribution is 7.89. The van der Waals surface area contributed by atoms with Gasteiger partial charge in [0.05, 0.1) is 11.4 Å². The van der Waals surface area contributed by atoms with Gasteiger partial charge in [0.1, 0.15) is 5.82 Å². The second kappa shape index (κ2) is 8.28. The maximum Gasteiger partial charge on any atom is 0.257 e. The molecule has 0 fully saturated rings. The number of carbonyl (C=O) groups is 1. The lowest BCUT2D eigenvalue weighted by atomic mass is 10.1. The summed E-state index contributed by atoms with van der Waals surface area (Å²) in [4.78, 5) is 15.0. The van der Waals surface area contributed by atoms with Crippen molar-refractivity contribution in [2.24, 2.45) is 0 Å². The van der Waals surface area contributed by atoms with Crippen molar-refractivity contribution in [3.8, 4) is 11.5 Å². The van der Waals surface area contributed by atoms with Crippen LogP contribution in [0.15, 0.2) is 57.9 Å². The Balaban J connectivity index is 1.64. The molecule has 0 aliphatic heterocycles.